The van der Waals surface area contributed by atoms with E-state index in [1.54, 1.807) is 24.3 Å². The molecule has 27 heavy (non-hydrogen) atoms. The Bertz CT molecular complexity index is 887. The number of rotatable bonds is 8. The molecule has 0 spiro atoms. The molecule has 9 heteroatoms. The van der Waals surface area contributed by atoms with E-state index in [-0.39, 0.29) is 5.75 Å². The van der Waals surface area contributed by atoms with Crippen molar-refractivity contribution in [2.75, 3.05) is 32.4 Å². The van der Waals surface area contributed by atoms with Gasteiger partial charge in [-0.2, -0.15) is 0 Å². The molecule has 0 aliphatic heterocycles. The molecule has 0 heterocycles. The van der Waals surface area contributed by atoms with E-state index < -0.39 is 21.5 Å². The summed E-state index contributed by atoms with van der Waals surface area (Å²) in [4.78, 5) is 12.2. The molecular formula is C18H20ClNO6S. The first-order valence-corrected chi connectivity index (χ1v) is 10.0. The summed E-state index contributed by atoms with van der Waals surface area (Å²) in [5.41, 5.74) is 0.885. The van der Waals surface area contributed by atoms with Gasteiger partial charge in [0.1, 0.15) is 5.75 Å². The summed E-state index contributed by atoms with van der Waals surface area (Å²) in [5.74, 6) is -0.530. The van der Waals surface area contributed by atoms with Gasteiger partial charge in [0.25, 0.3) is 0 Å². The molecule has 2 rings (SSSR count). The van der Waals surface area contributed by atoms with E-state index in [0.29, 0.717) is 33.5 Å². The van der Waals surface area contributed by atoms with Gasteiger partial charge < -0.3 is 19.5 Å². The quantitative estimate of drug-likeness (QED) is 0.715. The second-order valence-electron chi connectivity index (χ2n) is 5.62. The third-order valence-corrected chi connectivity index (χ3v) is 5.33. The number of anilines is 1. The zero-order valence-corrected chi connectivity index (χ0v) is 16.7. The standard InChI is InChI=1S/C18H20ClNO6S/c1-24-15-8-14(9-16(25-2)18(15)26-3)20-17(21)11-27(22,23)10-12-4-6-13(19)7-5-12/h4-9H,10-11H2,1-3H3,(H,20,21). The molecule has 0 unspecified atom stereocenters. The van der Waals surface area contributed by atoms with Gasteiger partial charge in [-0.25, -0.2) is 8.42 Å². The molecule has 0 aromatic heterocycles. The predicted octanol–water partition coefficient (Wildman–Crippen LogP) is 2.92. The first-order valence-electron chi connectivity index (χ1n) is 7.82. The van der Waals surface area contributed by atoms with E-state index in [9.17, 15) is 13.2 Å². The van der Waals surface area contributed by atoms with Gasteiger partial charge in [-0.15, -0.1) is 0 Å². The van der Waals surface area contributed by atoms with Crippen LogP contribution in [0, 0.1) is 0 Å². The molecule has 2 aromatic rings. The summed E-state index contributed by atoms with van der Waals surface area (Å²) in [5, 5.41) is 3.05. The third-order valence-electron chi connectivity index (χ3n) is 3.60. The van der Waals surface area contributed by atoms with Crippen molar-refractivity contribution < 1.29 is 27.4 Å². The van der Waals surface area contributed by atoms with Gasteiger partial charge in [0, 0.05) is 22.8 Å². The maximum atomic E-state index is 12.3. The molecule has 0 aliphatic rings. The molecule has 0 aliphatic carbocycles. The van der Waals surface area contributed by atoms with Crippen molar-refractivity contribution in [1.82, 2.24) is 0 Å². The lowest BCUT2D eigenvalue weighted by atomic mass is 10.2. The average Bonchev–Trinajstić information content (AvgIpc) is 2.61. The van der Waals surface area contributed by atoms with Crippen LogP contribution < -0.4 is 19.5 Å². The Kier molecular flexibility index (Phi) is 6.92. The van der Waals surface area contributed by atoms with Crippen molar-refractivity contribution in [3.8, 4) is 17.2 Å². The number of carbonyl (C=O) groups excluding carboxylic acids is 1. The number of amides is 1. The van der Waals surface area contributed by atoms with E-state index in [1.165, 1.54) is 33.5 Å². The smallest absolute Gasteiger partial charge is 0.239 e. The number of halogens is 1. The largest absolute Gasteiger partial charge is 0.493 e. The van der Waals surface area contributed by atoms with Gasteiger partial charge in [0.05, 0.1) is 27.1 Å². The van der Waals surface area contributed by atoms with Crippen molar-refractivity contribution in [3.05, 3.63) is 47.0 Å². The Morgan fingerprint density at radius 2 is 1.56 bits per heavy atom. The summed E-state index contributed by atoms with van der Waals surface area (Å²) in [6.45, 7) is 0. The Morgan fingerprint density at radius 3 is 2.04 bits per heavy atom. The van der Waals surface area contributed by atoms with Gasteiger partial charge in [-0.1, -0.05) is 23.7 Å². The van der Waals surface area contributed by atoms with Crippen LogP contribution in [0.4, 0.5) is 5.69 Å². The molecule has 0 fully saturated rings. The fourth-order valence-corrected chi connectivity index (χ4v) is 3.84. The Balaban J connectivity index is 2.11. The highest BCUT2D eigenvalue weighted by Crippen LogP contribution is 2.39. The molecule has 1 N–H and O–H groups in total. The van der Waals surface area contributed by atoms with Crippen LogP contribution in [0.2, 0.25) is 5.02 Å². The number of hydrogen-bond donors (Lipinski definition) is 1. The third kappa shape index (κ3) is 5.77. The lowest BCUT2D eigenvalue weighted by Gasteiger charge is -2.14. The molecule has 0 atom stereocenters. The van der Waals surface area contributed by atoms with E-state index in [1.807, 2.05) is 0 Å². The molecule has 146 valence electrons. The lowest BCUT2D eigenvalue weighted by molar-refractivity contribution is -0.113. The Labute approximate surface area is 163 Å². The topological polar surface area (TPSA) is 90.9 Å². The van der Waals surface area contributed by atoms with Crippen LogP contribution in [-0.4, -0.2) is 41.4 Å². The van der Waals surface area contributed by atoms with Gasteiger partial charge in [-0.05, 0) is 17.7 Å². The number of methoxy groups -OCH3 is 3. The van der Waals surface area contributed by atoms with Gasteiger partial charge in [-0.3, -0.25) is 4.79 Å². The fraction of sp³-hybridized carbons (Fsp3) is 0.278. The van der Waals surface area contributed by atoms with Crippen molar-refractivity contribution in [1.29, 1.82) is 0 Å². The van der Waals surface area contributed by atoms with Crippen molar-refractivity contribution in [2.24, 2.45) is 0 Å². The number of ether oxygens (including phenoxy) is 3. The first-order chi connectivity index (χ1) is 12.8. The van der Waals surface area contributed by atoms with Crippen molar-refractivity contribution in [2.45, 2.75) is 5.75 Å². The minimum Gasteiger partial charge on any atom is -0.493 e. The van der Waals surface area contributed by atoms with E-state index in [4.69, 9.17) is 25.8 Å². The highest BCUT2D eigenvalue weighted by molar-refractivity contribution is 7.91. The molecule has 0 radical (unpaired) electrons. The maximum absolute atomic E-state index is 12.3. The highest BCUT2D eigenvalue weighted by atomic mass is 35.5. The van der Waals surface area contributed by atoms with Crippen LogP contribution in [0.15, 0.2) is 36.4 Å². The number of carbonyl (C=O) groups is 1. The van der Waals surface area contributed by atoms with E-state index >= 15 is 0 Å². The van der Waals surface area contributed by atoms with Crippen LogP contribution >= 0.6 is 11.6 Å². The van der Waals surface area contributed by atoms with Crippen LogP contribution in [-0.2, 0) is 20.4 Å². The second kappa shape index (κ2) is 8.96. The van der Waals surface area contributed by atoms with Gasteiger partial charge >= 0.3 is 0 Å². The number of nitrogens with one attached hydrogen (secondary N) is 1. The van der Waals surface area contributed by atoms with Crippen LogP contribution in [0.5, 0.6) is 17.2 Å². The number of benzene rings is 2. The molecular weight excluding hydrogens is 394 g/mol. The molecule has 0 bridgehead atoms. The summed E-state index contributed by atoms with van der Waals surface area (Å²) in [7, 11) is 0.695. The molecule has 0 saturated carbocycles. The van der Waals surface area contributed by atoms with Crippen LogP contribution in [0.25, 0.3) is 0 Å². The fourth-order valence-electron chi connectivity index (χ4n) is 2.44. The maximum Gasteiger partial charge on any atom is 0.239 e. The summed E-state index contributed by atoms with van der Waals surface area (Å²) < 4.78 is 40.2. The molecule has 7 nitrogen and oxygen atoms in total. The van der Waals surface area contributed by atoms with E-state index in [2.05, 4.69) is 5.32 Å². The first kappa shape index (κ1) is 20.9. The van der Waals surface area contributed by atoms with E-state index in [0.717, 1.165) is 0 Å². The zero-order valence-electron chi connectivity index (χ0n) is 15.1. The molecule has 0 saturated heterocycles. The van der Waals surface area contributed by atoms with Gasteiger partial charge in [0.2, 0.25) is 11.7 Å². The van der Waals surface area contributed by atoms with Gasteiger partial charge in [0.15, 0.2) is 21.3 Å². The SMILES string of the molecule is COc1cc(NC(=O)CS(=O)(=O)Cc2ccc(Cl)cc2)cc(OC)c1OC. The minimum atomic E-state index is -3.65. The minimum absolute atomic E-state index is 0.257. The van der Waals surface area contributed by atoms with Crippen molar-refractivity contribution in [3.63, 3.8) is 0 Å². The lowest BCUT2D eigenvalue weighted by Crippen LogP contribution is -2.24. The Morgan fingerprint density at radius 1 is 1.00 bits per heavy atom. The number of sulfone groups is 1. The summed E-state index contributed by atoms with van der Waals surface area (Å²) in [6, 6.07) is 9.45. The van der Waals surface area contributed by atoms with Crippen LogP contribution in [0.1, 0.15) is 5.56 Å². The summed E-state index contributed by atoms with van der Waals surface area (Å²) >= 11 is 5.79. The molecule has 2 aromatic carbocycles. The summed E-state index contributed by atoms with van der Waals surface area (Å²) in [6.07, 6.45) is 0. The highest BCUT2D eigenvalue weighted by Gasteiger charge is 2.19. The van der Waals surface area contributed by atoms with Crippen LogP contribution in [0.3, 0.4) is 0 Å². The van der Waals surface area contributed by atoms with Crippen molar-refractivity contribution >= 4 is 33.0 Å². The molecule has 1 amide bonds. The number of hydrogen-bond acceptors (Lipinski definition) is 6. The average molecular weight is 414 g/mol. The monoisotopic (exact) mass is 413 g/mol. The second-order valence-corrected chi connectivity index (χ2v) is 8.12. The Hall–Kier alpha value is -2.45. The zero-order chi connectivity index (χ0) is 20.0. The normalized spacial score (nSPS) is 11.0. The predicted molar refractivity (Wildman–Crippen MR) is 104 cm³/mol.